The van der Waals surface area contributed by atoms with Gasteiger partial charge in [-0.2, -0.15) is 0 Å². The average molecular weight is 1320 g/mol. The van der Waals surface area contributed by atoms with E-state index < -0.39 is 0 Å². The number of fused-ring (bicyclic) bond motifs is 2. The van der Waals surface area contributed by atoms with E-state index in [1.165, 1.54) is 16.7 Å². The molecule has 0 heterocycles. The normalized spacial score (nSPS) is 11.6. The van der Waals surface area contributed by atoms with Crippen molar-refractivity contribution >= 4 is 114 Å². The van der Waals surface area contributed by atoms with Gasteiger partial charge in [0.15, 0.2) is 0 Å². The number of benzene rings is 16. The summed E-state index contributed by atoms with van der Waals surface area (Å²) < 4.78 is 29.9. The molecule has 0 aliphatic rings. The molecule has 0 N–H and O–H groups in total. The standard InChI is InChI=1S/C96H72N2O4/c1-65-25-33-69(34-26-65)39-42-72-45-53-76(54-46-72)97(75-51-31-68(4)32-52-75)85-63-89(101-81-21-13-7-14-22-81)95-91-83(85)59-61-87(99-79-17-9-5-10-18-79)93(91)94-88(100-80-19-11-6-12-20-80)62-60-84-86(64-90(96(95)92(84)94)102-82-23-15-8-16-24-82)98(77-55-47-73(48-56-77)43-40-70-35-27-66(2)28-36-70)78-57-49-74(50-58-78)44-41-71-37-29-67(3)30-38-71/h5-64H,1-4H3/b42-39+,43-40+,44-41+. The molecule has 0 unspecified atom stereocenters. The summed E-state index contributed by atoms with van der Waals surface area (Å²) in [4.78, 5) is 4.70. The Balaban J connectivity index is 1.01. The molecule has 0 atom stereocenters. The highest BCUT2D eigenvalue weighted by Crippen LogP contribution is 2.59. The highest BCUT2D eigenvalue weighted by molar-refractivity contribution is 6.40. The Kier molecular flexibility index (Phi) is 17.7. The van der Waals surface area contributed by atoms with Crippen LogP contribution in [0.4, 0.5) is 34.1 Å². The molecule has 16 rings (SSSR count). The molecule has 0 aliphatic carbocycles. The van der Waals surface area contributed by atoms with Gasteiger partial charge in [-0.25, -0.2) is 0 Å². The summed E-state index contributed by atoms with van der Waals surface area (Å²) in [6.07, 6.45) is 13.0. The third kappa shape index (κ3) is 13.5. The van der Waals surface area contributed by atoms with E-state index in [-0.39, 0.29) is 0 Å². The zero-order chi connectivity index (χ0) is 68.9. The summed E-state index contributed by atoms with van der Waals surface area (Å²) in [5.41, 5.74) is 17.0. The minimum Gasteiger partial charge on any atom is -0.457 e. The fourth-order valence-corrected chi connectivity index (χ4v) is 13.4. The van der Waals surface area contributed by atoms with Crippen LogP contribution in [0, 0.1) is 27.7 Å². The number of para-hydroxylation sites is 4. The maximum Gasteiger partial charge on any atom is 0.138 e. The van der Waals surface area contributed by atoms with Crippen molar-refractivity contribution < 1.29 is 18.9 Å². The highest BCUT2D eigenvalue weighted by atomic mass is 16.5. The molecule has 0 radical (unpaired) electrons. The van der Waals surface area contributed by atoms with Crippen molar-refractivity contribution in [1.29, 1.82) is 0 Å². The van der Waals surface area contributed by atoms with E-state index in [4.69, 9.17) is 18.9 Å². The van der Waals surface area contributed by atoms with Crippen LogP contribution in [-0.2, 0) is 0 Å². The molecular weight excluding hydrogens is 1250 g/mol. The van der Waals surface area contributed by atoms with Crippen molar-refractivity contribution in [1.82, 2.24) is 0 Å². The second-order valence-corrected chi connectivity index (χ2v) is 25.9. The van der Waals surface area contributed by atoms with Crippen LogP contribution in [0.2, 0.25) is 0 Å². The maximum absolute atomic E-state index is 7.60. The van der Waals surface area contributed by atoms with Gasteiger partial charge in [0.05, 0.1) is 11.4 Å². The van der Waals surface area contributed by atoms with Crippen LogP contribution in [0.1, 0.15) is 55.6 Å². The Bertz CT molecular complexity index is 5590. The molecule has 490 valence electrons. The Morgan fingerprint density at radius 1 is 0.206 bits per heavy atom. The first-order valence-electron chi connectivity index (χ1n) is 34.6. The molecule has 0 bridgehead atoms. The minimum absolute atomic E-state index is 0.596. The van der Waals surface area contributed by atoms with E-state index in [0.717, 1.165) is 116 Å². The van der Waals surface area contributed by atoms with Crippen molar-refractivity contribution in [2.75, 3.05) is 9.80 Å². The number of nitrogens with zero attached hydrogens (tertiary/aromatic N) is 2. The Morgan fingerprint density at radius 3 is 0.686 bits per heavy atom. The van der Waals surface area contributed by atoms with Gasteiger partial charge in [0.25, 0.3) is 0 Å². The molecule has 0 saturated heterocycles. The van der Waals surface area contributed by atoms with Crippen LogP contribution < -0.4 is 28.7 Å². The first kappa shape index (κ1) is 63.6. The lowest BCUT2D eigenvalue weighted by atomic mass is 9.86. The molecule has 0 fully saturated rings. The van der Waals surface area contributed by atoms with Gasteiger partial charge in [-0.05, 0) is 182 Å². The van der Waals surface area contributed by atoms with Crippen LogP contribution >= 0.6 is 0 Å². The van der Waals surface area contributed by atoms with Crippen molar-refractivity contribution in [3.8, 4) is 46.0 Å². The van der Waals surface area contributed by atoms with Crippen LogP contribution in [0.15, 0.2) is 328 Å². The third-order valence-corrected chi connectivity index (χ3v) is 18.7. The molecule has 0 aliphatic heterocycles. The van der Waals surface area contributed by atoms with Crippen LogP contribution in [0.5, 0.6) is 46.0 Å². The molecule has 0 spiro atoms. The molecular formula is C96H72N2O4. The molecule has 102 heavy (non-hydrogen) atoms. The van der Waals surface area contributed by atoms with Crippen molar-refractivity contribution in [3.05, 3.63) is 383 Å². The third-order valence-electron chi connectivity index (χ3n) is 18.7. The van der Waals surface area contributed by atoms with E-state index in [2.05, 4.69) is 280 Å². The zero-order valence-electron chi connectivity index (χ0n) is 57.2. The number of anilines is 6. The smallest absolute Gasteiger partial charge is 0.138 e. The van der Waals surface area contributed by atoms with Crippen LogP contribution in [0.25, 0.3) is 79.5 Å². The van der Waals surface area contributed by atoms with Gasteiger partial charge in [-0.15, -0.1) is 0 Å². The van der Waals surface area contributed by atoms with E-state index in [1.54, 1.807) is 0 Å². The number of ether oxygens (including phenoxy) is 4. The van der Waals surface area contributed by atoms with Gasteiger partial charge in [0.1, 0.15) is 46.0 Å². The predicted molar refractivity (Wildman–Crippen MR) is 428 cm³/mol. The van der Waals surface area contributed by atoms with Crippen molar-refractivity contribution in [3.63, 3.8) is 0 Å². The number of hydrogen-bond donors (Lipinski definition) is 0. The molecule has 16 aromatic rings. The molecule has 16 aromatic carbocycles. The molecule has 0 amide bonds. The fraction of sp³-hybridized carbons (Fsp3) is 0.0417. The Hall–Kier alpha value is -13.2. The van der Waals surface area contributed by atoms with Crippen molar-refractivity contribution in [2.24, 2.45) is 0 Å². The average Bonchev–Trinajstić information content (AvgIpc) is 0.686. The minimum atomic E-state index is 0.596. The second kappa shape index (κ2) is 28.4. The molecule has 0 saturated carbocycles. The van der Waals surface area contributed by atoms with E-state index in [1.807, 2.05) is 121 Å². The second-order valence-electron chi connectivity index (χ2n) is 25.9. The number of hydrogen-bond acceptors (Lipinski definition) is 6. The van der Waals surface area contributed by atoms with E-state index in [9.17, 15) is 0 Å². The predicted octanol–water partition coefficient (Wildman–Crippen LogP) is 27.6. The topological polar surface area (TPSA) is 43.4 Å². The van der Waals surface area contributed by atoms with Crippen LogP contribution in [0.3, 0.4) is 0 Å². The first-order valence-corrected chi connectivity index (χ1v) is 34.6. The van der Waals surface area contributed by atoms with Crippen LogP contribution in [-0.4, -0.2) is 0 Å². The summed E-state index contributed by atoms with van der Waals surface area (Å²) in [5.74, 6) is 5.11. The van der Waals surface area contributed by atoms with Gasteiger partial charge in [-0.3, -0.25) is 0 Å². The Labute approximate surface area is 595 Å². The summed E-state index contributed by atoms with van der Waals surface area (Å²) in [6.45, 7) is 8.47. The summed E-state index contributed by atoms with van der Waals surface area (Å²) in [5, 5.41) is 6.89. The maximum atomic E-state index is 7.60. The lowest BCUT2D eigenvalue weighted by Crippen LogP contribution is -2.12. The van der Waals surface area contributed by atoms with Gasteiger partial charge < -0.3 is 28.7 Å². The molecule has 6 heteroatoms. The SMILES string of the molecule is Cc1ccc(/C=C/c2ccc(N(c3ccc(C)cc3)c3cc(Oc4ccccc4)c4c5c(Oc6ccccc6)cc(N(c6ccc(/C=C/c7ccc(C)cc7)cc6)c6ccc(/C=C/c7ccc(C)cc7)cc6)c6ccc(Oc7ccccc7)c(c7c(Oc8ccccc8)ccc3c74)c65)cc2)cc1. The number of rotatable bonds is 20. The molecule has 6 nitrogen and oxygen atoms in total. The van der Waals surface area contributed by atoms with Gasteiger partial charge in [-0.1, -0.05) is 253 Å². The zero-order valence-corrected chi connectivity index (χ0v) is 57.2. The monoisotopic (exact) mass is 1320 g/mol. The number of aryl methyl sites for hydroxylation is 4. The highest BCUT2D eigenvalue weighted by Gasteiger charge is 2.32. The largest absolute Gasteiger partial charge is 0.457 e. The van der Waals surface area contributed by atoms with E-state index in [0.29, 0.717) is 46.0 Å². The molecule has 0 aromatic heterocycles. The van der Waals surface area contributed by atoms with Crippen molar-refractivity contribution in [2.45, 2.75) is 27.7 Å². The Morgan fingerprint density at radius 2 is 0.422 bits per heavy atom. The summed E-state index contributed by atoms with van der Waals surface area (Å²) in [7, 11) is 0. The van der Waals surface area contributed by atoms with E-state index >= 15 is 0 Å². The quantitative estimate of drug-likeness (QED) is 0.0430. The summed E-state index contributed by atoms with van der Waals surface area (Å²) in [6, 6.07) is 114. The first-order chi connectivity index (χ1) is 50.2. The van der Waals surface area contributed by atoms with Gasteiger partial charge in [0, 0.05) is 78.0 Å². The fourth-order valence-electron chi connectivity index (χ4n) is 13.4. The van der Waals surface area contributed by atoms with Gasteiger partial charge in [0.2, 0.25) is 0 Å². The lowest BCUT2D eigenvalue weighted by Gasteiger charge is -2.31. The summed E-state index contributed by atoms with van der Waals surface area (Å²) >= 11 is 0. The van der Waals surface area contributed by atoms with Gasteiger partial charge >= 0.3 is 0 Å². The lowest BCUT2D eigenvalue weighted by molar-refractivity contribution is 0.483.